The average molecular weight is 518 g/mol. The van der Waals surface area contributed by atoms with Gasteiger partial charge in [-0.25, -0.2) is 0 Å². The maximum absolute atomic E-state index is 13.1. The fourth-order valence-corrected chi connectivity index (χ4v) is 4.76. The van der Waals surface area contributed by atoms with Gasteiger partial charge >= 0.3 is 0 Å². The van der Waals surface area contributed by atoms with Gasteiger partial charge in [-0.2, -0.15) is 0 Å². The highest BCUT2D eigenvalue weighted by Gasteiger charge is 2.33. The number of hydrogen-bond donors (Lipinski definition) is 3. The molecule has 0 bridgehead atoms. The smallest absolute Gasteiger partial charge is 0.263 e. The number of anilines is 1. The van der Waals surface area contributed by atoms with Crippen molar-refractivity contribution < 1.29 is 14.3 Å². The lowest BCUT2D eigenvalue weighted by molar-refractivity contribution is -0.135. The molecular weight excluding hydrogens is 485 g/mol. The van der Waals surface area contributed by atoms with E-state index in [0.717, 1.165) is 50.6 Å². The van der Waals surface area contributed by atoms with Crippen molar-refractivity contribution in [1.29, 1.82) is 0 Å². The Hall–Kier alpha value is -2.44. The molecule has 0 aliphatic heterocycles. The van der Waals surface area contributed by atoms with Gasteiger partial charge in [0.25, 0.3) is 11.8 Å². The minimum atomic E-state index is -1.09. The Bertz CT molecular complexity index is 1050. The third-order valence-electron chi connectivity index (χ3n) is 6.50. The van der Waals surface area contributed by atoms with Crippen LogP contribution in [0.15, 0.2) is 42.5 Å². The summed E-state index contributed by atoms with van der Waals surface area (Å²) in [5.41, 5.74) is 0.561. The number of benzene rings is 2. The van der Waals surface area contributed by atoms with Crippen molar-refractivity contribution in [3.05, 3.63) is 58.1 Å². The molecule has 2 aromatic rings. The van der Waals surface area contributed by atoms with E-state index in [1.165, 1.54) is 0 Å². The third kappa shape index (κ3) is 7.28. The second-order valence-corrected chi connectivity index (χ2v) is 10.9. The van der Waals surface area contributed by atoms with E-state index >= 15 is 0 Å². The van der Waals surface area contributed by atoms with Gasteiger partial charge in [-0.1, -0.05) is 36.0 Å². The molecule has 2 fully saturated rings. The lowest BCUT2D eigenvalue weighted by Gasteiger charge is -2.29. The van der Waals surface area contributed by atoms with Crippen LogP contribution in [0.4, 0.5) is 5.69 Å². The highest BCUT2D eigenvalue weighted by atomic mass is 35.5. The Morgan fingerprint density at radius 1 is 0.886 bits per heavy atom. The summed E-state index contributed by atoms with van der Waals surface area (Å²) < 4.78 is 5.95. The van der Waals surface area contributed by atoms with Crippen LogP contribution < -0.4 is 20.7 Å². The number of hydrogen-bond acceptors (Lipinski definition) is 4. The second kappa shape index (κ2) is 11.1. The van der Waals surface area contributed by atoms with Gasteiger partial charge in [-0.05, 0) is 88.4 Å². The van der Waals surface area contributed by atoms with Crippen LogP contribution in [-0.4, -0.2) is 35.5 Å². The quantitative estimate of drug-likeness (QED) is 0.376. The van der Waals surface area contributed by atoms with Gasteiger partial charge in [0.15, 0.2) is 5.60 Å². The first kappa shape index (κ1) is 25.6. The number of carbonyl (C=O) groups excluding carboxylic acids is 2. The predicted octanol–water partition coefficient (Wildman–Crippen LogP) is 5.97. The topological polar surface area (TPSA) is 79.5 Å². The van der Waals surface area contributed by atoms with Gasteiger partial charge in [0.05, 0.1) is 5.02 Å². The Balaban J connectivity index is 1.32. The van der Waals surface area contributed by atoms with Gasteiger partial charge in [0.2, 0.25) is 0 Å². The molecule has 0 radical (unpaired) electrons. The van der Waals surface area contributed by atoms with Crippen LogP contribution in [0.1, 0.15) is 69.2 Å². The van der Waals surface area contributed by atoms with E-state index in [0.29, 0.717) is 27.4 Å². The van der Waals surface area contributed by atoms with Crippen molar-refractivity contribution in [2.45, 2.75) is 82.5 Å². The molecule has 2 unspecified atom stereocenters. The average Bonchev–Trinajstić information content (AvgIpc) is 3.64. The minimum Gasteiger partial charge on any atom is -0.476 e. The molecular formula is C27H33Cl2N3O3. The molecule has 0 aromatic heterocycles. The molecule has 6 nitrogen and oxygen atoms in total. The summed E-state index contributed by atoms with van der Waals surface area (Å²) >= 11 is 12.2. The summed E-state index contributed by atoms with van der Waals surface area (Å²) in [5, 5.41) is 10.7. The van der Waals surface area contributed by atoms with E-state index in [-0.39, 0.29) is 23.9 Å². The van der Waals surface area contributed by atoms with Crippen molar-refractivity contribution in [2.75, 3.05) is 5.32 Å². The van der Waals surface area contributed by atoms with Crippen molar-refractivity contribution in [3.8, 4) is 5.75 Å². The number of amides is 2. The molecule has 4 rings (SSSR count). The highest BCUT2D eigenvalue weighted by Crippen LogP contribution is 2.31. The molecule has 35 heavy (non-hydrogen) atoms. The number of ether oxygens (including phenoxy) is 1. The molecule has 2 aliphatic carbocycles. The third-order valence-corrected chi connectivity index (χ3v) is 7.03. The van der Waals surface area contributed by atoms with E-state index in [1.54, 1.807) is 32.0 Å². The molecule has 2 aromatic carbocycles. The van der Waals surface area contributed by atoms with Gasteiger partial charge < -0.3 is 20.7 Å². The SMILES string of the molecule is CC(C)(Oc1ccc(Cl)cc1Cl)C(=O)NC1CCCCC(Nc2ccc(C(=O)NC3CC3)cc2)C1. The second-order valence-electron chi connectivity index (χ2n) is 10.0. The van der Waals surface area contributed by atoms with Crippen LogP contribution in [-0.2, 0) is 4.79 Å². The molecule has 2 aliphatic rings. The number of carbonyl (C=O) groups is 2. The summed E-state index contributed by atoms with van der Waals surface area (Å²) in [6, 6.07) is 13.2. The van der Waals surface area contributed by atoms with Crippen LogP contribution in [0, 0.1) is 0 Å². The van der Waals surface area contributed by atoms with Crippen LogP contribution >= 0.6 is 23.2 Å². The van der Waals surface area contributed by atoms with Crippen LogP contribution in [0.2, 0.25) is 10.0 Å². The predicted molar refractivity (Wildman–Crippen MR) is 141 cm³/mol. The number of rotatable bonds is 8. The first-order valence-electron chi connectivity index (χ1n) is 12.3. The number of halogens is 2. The van der Waals surface area contributed by atoms with Crippen molar-refractivity contribution in [1.82, 2.24) is 10.6 Å². The monoisotopic (exact) mass is 517 g/mol. The fourth-order valence-electron chi connectivity index (χ4n) is 4.31. The Morgan fingerprint density at radius 3 is 2.23 bits per heavy atom. The number of nitrogens with one attached hydrogen (secondary N) is 3. The molecule has 2 saturated carbocycles. The normalized spacial score (nSPS) is 20.5. The molecule has 0 spiro atoms. The standard InChI is InChI=1S/C27H33Cl2N3O3/c1-27(2,35-24-14-9-18(28)15-23(24)29)26(34)32-22-6-4-3-5-21(16-22)30-19-10-7-17(8-11-19)25(33)31-20-12-13-20/h7-11,14-15,20-22,30H,3-6,12-13,16H2,1-2H3,(H,31,33)(H,32,34). The summed E-state index contributed by atoms with van der Waals surface area (Å²) in [6.45, 7) is 3.47. The van der Waals surface area contributed by atoms with E-state index < -0.39 is 5.60 Å². The molecule has 2 atom stereocenters. The van der Waals surface area contributed by atoms with Crippen molar-refractivity contribution in [3.63, 3.8) is 0 Å². The van der Waals surface area contributed by atoms with Crippen molar-refractivity contribution in [2.24, 2.45) is 0 Å². The lowest BCUT2D eigenvalue weighted by Crippen LogP contribution is -2.50. The first-order valence-corrected chi connectivity index (χ1v) is 13.1. The summed E-state index contributed by atoms with van der Waals surface area (Å²) in [7, 11) is 0. The maximum atomic E-state index is 13.1. The zero-order valence-electron chi connectivity index (χ0n) is 20.2. The zero-order chi connectivity index (χ0) is 25.0. The molecule has 188 valence electrons. The van der Waals surface area contributed by atoms with E-state index in [1.807, 2.05) is 24.3 Å². The van der Waals surface area contributed by atoms with E-state index in [2.05, 4.69) is 16.0 Å². The molecule has 0 heterocycles. The Morgan fingerprint density at radius 2 is 1.57 bits per heavy atom. The van der Waals surface area contributed by atoms with Gasteiger partial charge in [-0.3, -0.25) is 9.59 Å². The fraction of sp³-hybridized carbons (Fsp3) is 0.481. The first-order chi connectivity index (χ1) is 16.7. The molecule has 8 heteroatoms. The van der Waals surface area contributed by atoms with Gasteiger partial charge in [0, 0.05) is 34.4 Å². The summed E-state index contributed by atoms with van der Waals surface area (Å²) in [4.78, 5) is 25.3. The zero-order valence-corrected chi connectivity index (χ0v) is 21.7. The van der Waals surface area contributed by atoms with Crippen LogP contribution in [0.25, 0.3) is 0 Å². The Kier molecular flexibility index (Phi) is 8.12. The van der Waals surface area contributed by atoms with Crippen LogP contribution in [0.3, 0.4) is 0 Å². The highest BCUT2D eigenvalue weighted by molar-refractivity contribution is 6.35. The maximum Gasteiger partial charge on any atom is 0.263 e. The molecule has 3 N–H and O–H groups in total. The van der Waals surface area contributed by atoms with E-state index in [4.69, 9.17) is 27.9 Å². The van der Waals surface area contributed by atoms with Gasteiger partial charge in [-0.15, -0.1) is 0 Å². The molecule has 2 amide bonds. The minimum absolute atomic E-state index is 0.0129. The lowest BCUT2D eigenvalue weighted by atomic mass is 10.0. The Labute approximate surface area is 217 Å². The molecule has 0 saturated heterocycles. The van der Waals surface area contributed by atoms with Crippen LogP contribution in [0.5, 0.6) is 5.75 Å². The van der Waals surface area contributed by atoms with E-state index in [9.17, 15) is 9.59 Å². The van der Waals surface area contributed by atoms with Gasteiger partial charge in [0.1, 0.15) is 5.75 Å². The summed E-state index contributed by atoms with van der Waals surface area (Å²) in [5.74, 6) is 0.229. The largest absolute Gasteiger partial charge is 0.476 e. The van der Waals surface area contributed by atoms with Crippen molar-refractivity contribution >= 4 is 40.7 Å². The summed E-state index contributed by atoms with van der Waals surface area (Å²) in [6.07, 6.45) is 7.04.